The molecule has 4 rings (SSSR count). The molecule has 0 N–H and O–H groups in total. The number of rotatable bonds is 3. The summed E-state index contributed by atoms with van der Waals surface area (Å²) in [7, 11) is 1.39. The van der Waals surface area contributed by atoms with Gasteiger partial charge in [0.15, 0.2) is 5.76 Å². The normalized spacial score (nSPS) is 18.0. The van der Waals surface area contributed by atoms with Crippen LogP contribution >= 0.6 is 0 Å². The van der Waals surface area contributed by atoms with Crippen molar-refractivity contribution in [1.82, 2.24) is 19.7 Å². The molecule has 2 aromatic heterocycles. The van der Waals surface area contributed by atoms with Crippen LogP contribution < -0.4 is 10.2 Å². The Labute approximate surface area is 157 Å². The summed E-state index contributed by atoms with van der Waals surface area (Å²) >= 11 is 0. The van der Waals surface area contributed by atoms with Crippen molar-refractivity contribution >= 4 is 5.91 Å². The number of methoxy groups -OCH3 is 1. The summed E-state index contributed by atoms with van der Waals surface area (Å²) in [5.41, 5.74) is -0.354. The van der Waals surface area contributed by atoms with Gasteiger partial charge in [-0.1, -0.05) is 6.42 Å². The SMILES string of the molecule is COc1coc(C(=O)N2CCC(c3nnc4n3CCCCC4)CC2)cc1=O. The van der Waals surface area contributed by atoms with Gasteiger partial charge in [0, 0.05) is 38.0 Å². The third-order valence-corrected chi connectivity index (χ3v) is 5.51. The fraction of sp³-hybridized carbons (Fsp3) is 0.579. The zero-order valence-corrected chi connectivity index (χ0v) is 15.5. The number of aryl methyl sites for hydroxylation is 1. The number of hydrogen-bond acceptors (Lipinski definition) is 6. The molecule has 2 aliphatic rings. The van der Waals surface area contributed by atoms with Gasteiger partial charge in [-0.3, -0.25) is 9.59 Å². The first-order valence-corrected chi connectivity index (χ1v) is 9.55. The minimum atomic E-state index is -0.354. The van der Waals surface area contributed by atoms with Crippen LogP contribution in [0.1, 0.15) is 60.2 Å². The molecule has 8 heteroatoms. The van der Waals surface area contributed by atoms with Crippen LogP contribution in [0.4, 0.5) is 0 Å². The summed E-state index contributed by atoms with van der Waals surface area (Å²) < 4.78 is 12.5. The van der Waals surface area contributed by atoms with E-state index in [4.69, 9.17) is 9.15 Å². The summed E-state index contributed by atoms with van der Waals surface area (Å²) in [5, 5.41) is 8.85. The van der Waals surface area contributed by atoms with E-state index in [-0.39, 0.29) is 22.8 Å². The summed E-state index contributed by atoms with van der Waals surface area (Å²) in [5.74, 6) is 2.37. The highest BCUT2D eigenvalue weighted by atomic mass is 16.5. The first kappa shape index (κ1) is 17.8. The van der Waals surface area contributed by atoms with Gasteiger partial charge < -0.3 is 18.6 Å². The third kappa shape index (κ3) is 3.48. The molecule has 1 saturated heterocycles. The molecule has 0 unspecified atom stereocenters. The lowest BCUT2D eigenvalue weighted by molar-refractivity contribution is 0.0674. The monoisotopic (exact) mass is 372 g/mol. The van der Waals surface area contributed by atoms with Crippen LogP contribution in [-0.4, -0.2) is 45.8 Å². The number of nitrogens with zero attached hydrogens (tertiary/aromatic N) is 4. The van der Waals surface area contributed by atoms with E-state index in [0.29, 0.717) is 19.0 Å². The van der Waals surface area contributed by atoms with E-state index in [1.807, 2.05) is 0 Å². The number of likely N-dealkylation sites (tertiary alicyclic amines) is 1. The van der Waals surface area contributed by atoms with Crippen molar-refractivity contribution in [3.8, 4) is 5.75 Å². The van der Waals surface area contributed by atoms with Gasteiger partial charge in [0.1, 0.15) is 17.9 Å². The molecule has 1 fully saturated rings. The predicted octanol–water partition coefficient (Wildman–Crippen LogP) is 1.99. The number of carbonyl (C=O) groups excluding carboxylic acids is 1. The number of fused-ring (bicyclic) bond motifs is 1. The molecule has 4 heterocycles. The Morgan fingerprint density at radius 3 is 2.74 bits per heavy atom. The van der Waals surface area contributed by atoms with Gasteiger partial charge in [-0.25, -0.2) is 0 Å². The van der Waals surface area contributed by atoms with Crippen molar-refractivity contribution in [2.24, 2.45) is 0 Å². The molecule has 8 nitrogen and oxygen atoms in total. The summed E-state index contributed by atoms with van der Waals surface area (Å²) in [6.07, 6.45) is 7.45. The largest absolute Gasteiger partial charge is 0.490 e. The minimum Gasteiger partial charge on any atom is -0.490 e. The third-order valence-electron chi connectivity index (χ3n) is 5.51. The minimum absolute atomic E-state index is 0.0515. The summed E-state index contributed by atoms with van der Waals surface area (Å²) in [6, 6.07) is 1.20. The van der Waals surface area contributed by atoms with E-state index < -0.39 is 0 Å². The Kier molecular flexibility index (Phi) is 4.96. The van der Waals surface area contributed by atoms with Crippen LogP contribution in [0.25, 0.3) is 0 Å². The maximum Gasteiger partial charge on any atom is 0.289 e. The molecule has 1 amide bonds. The van der Waals surface area contributed by atoms with Crippen LogP contribution in [0.5, 0.6) is 5.75 Å². The number of amides is 1. The van der Waals surface area contributed by atoms with Crippen LogP contribution in [-0.2, 0) is 13.0 Å². The summed E-state index contributed by atoms with van der Waals surface area (Å²) in [6.45, 7) is 2.22. The maximum absolute atomic E-state index is 12.6. The van der Waals surface area contributed by atoms with Gasteiger partial charge in [-0.15, -0.1) is 10.2 Å². The van der Waals surface area contributed by atoms with Crippen molar-refractivity contribution < 1.29 is 13.9 Å². The lowest BCUT2D eigenvalue weighted by atomic mass is 9.95. The van der Waals surface area contributed by atoms with Crippen molar-refractivity contribution in [2.75, 3.05) is 20.2 Å². The van der Waals surface area contributed by atoms with Gasteiger partial charge in [-0.2, -0.15) is 0 Å². The molecule has 0 atom stereocenters. The Balaban J connectivity index is 1.43. The van der Waals surface area contributed by atoms with Gasteiger partial charge in [0.05, 0.1) is 7.11 Å². The molecule has 0 bridgehead atoms. The zero-order chi connectivity index (χ0) is 18.8. The quantitative estimate of drug-likeness (QED) is 0.818. The van der Waals surface area contributed by atoms with E-state index >= 15 is 0 Å². The molecule has 0 saturated carbocycles. The number of ether oxygens (including phenoxy) is 1. The van der Waals surface area contributed by atoms with Crippen molar-refractivity contribution in [3.05, 3.63) is 40.0 Å². The smallest absolute Gasteiger partial charge is 0.289 e. The average Bonchev–Trinajstić information content (AvgIpc) is 2.95. The number of carbonyl (C=O) groups is 1. The van der Waals surface area contributed by atoms with Crippen LogP contribution in [0.2, 0.25) is 0 Å². The highest BCUT2D eigenvalue weighted by Crippen LogP contribution is 2.29. The van der Waals surface area contributed by atoms with E-state index in [1.54, 1.807) is 4.90 Å². The number of hydrogen-bond donors (Lipinski definition) is 0. The molecule has 144 valence electrons. The molecule has 0 aromatic carbocycles. The highest BCUT2D eigenvalue weighted by molar-refractivity contribution is 5.91. The predicted molar refractivity (Wildman–Crippen MR) is 97.0 cm³/mol. The fourth-order valence-electron chi connectivity index (χ4n) is 3.97. The van der Waals surface area contributed by atoms with Gasteiger partial charge in [0.2, 0.25) is 11.2 Å². The molecular weight excluding hydrogens is 348 g/mol. The number of piperidine rings is 1. The van der Waals surface area contributed by atoms with E-state index in [0.717, 1.165) is 37.5 Å². The van der Waals surface area contributed by atoms with Gasteiger partial charge in [-0.05, 0) is 25.7 Å². The first-order chi connectivity index (χ1) is 13.2. The molecule has 27 heavy (non-hydrogen) atoms. The van der Waals surface area contributed by atoms with Gasteiger partial charge >= 0.3 is 0 Å². The average molecular weight is 372 g/mol. The topological polar surface area (TPSA) is 90.5 Å². The maximum atomic E-state index is 12.6. The zero-order valence-electron chi connectivity index (χ0n) is 15.5. The van der Waals surface area contributed by atoms with Gasteiger partial charge in [0.25, 0.3) is 5.91 Å². The number of aromatic nitrogens is 3. The second-order valence-corrected chi connectivity index (χ2v) is 7.18. The van der Waals surface area contributed by atoms with E-state index in [1.165, 1.54) is 38.7 Å². The van der Waals surface area contributed by atoms with Crippen molar-refractivity contribution in [3.63, 3.8) is 0 Å². The Bertz CT molecular complexity index is 880. The van der Waals surface area contributed by atoms with Crippen molar-refractivity contribution in [1.29, 1.82) is 0 Å². The molecule has 2 aromatic rings. The fourth-order valence-corrected chi connectivity index (χ4v) is 3.97. The molecule has 0 spiro atoms. The van der Waals surface area contributed by atoms with Crippen molar-refractivity contribution in [2.45, 2.75) is 51.0 Å². The lowest BCUT2D eigenvalue weighted by Crippen LogP contribution is -2.38. The first-order valence-electron chi connectivity index (χ1n) is 9.55. The van der Waals surface area contributed by atoms with Crippen LogP contribution in [0, 0.1) is 0 Å². The highest BCUT2D eigenvalue weighted by Gasteiger charge is 2.29. The molecular formula is C19H24N4O4. The molecule has 0 aliphatic carbocycles. The van der Waals surface area contributed by atoms with E-state index in [2.05, 4.69) is 14.8 Å². The molecule has 2 aliphatic heterocycles. The summed E-state index contributed by atoms with van der Waals surface area (Å²) in [4.78, 5) is 26.2. The standard InChI is InChI=1S/C19H24N4O4/c1-26-16-12-27-15(11-14(16)24)19(25)22-9-6-13(7-10-22)18-21-20-17-5-3-2-4-8-23(17)18/h11-13H,2-10H2,1H3. The van der Waals surface area contributed by atoms with Crippen LogP contribution in [0.15, 0.2) is 21.5 Å². The second-order valence-electron chi connectivity index (χ2n) is 7.18. The van der Waals surface area contributed by atoms with Crippen LogP contribution in [0.3, 0.4) is 0 Å². The Morgan fingerprint density at radius 2 is 2.00 bits per heavy atom. The Hall–Kier alpha value is -2.64. The lowest BCUT2D eigenvalue weighted by Gasteiger charge is -2.31. The Morgan fingerprint density at radius 1 is 1.19 bits per heavy atom. The van der Waals surface area contributed by atoms with E-state index in [9.17, 15) is 9.59 Å². The molecule has 0 radical (unpaired) electrons. The second kappa shape index (κ2) is 7.54.